The molecule has 31 heavy (non-hydrogen) atoms. The molecule has 5 heterocycles. The standard InChI is InChI=1S/C22H18F2N6O/c1-12-5-20-26-13(2)6-21(31)30(20)28-22(12)29-4-3-17-16(11-29)7-15(10-25-17)14-8-18(23)27-19(24)9-14/h5-10H,3-4,11H2,1-2H3. The summed E-state index contributed by atoms with van der Waals surface area (Å²) >= 11 is 0. The third-order valence-electron chi connectivity index (χ3n) is 5.38. The molecule has 0 atom stereocenters. The van der Waals surface area contributed by atoms with E-state index in [4.69, 9.17) is 0 Å². The van der Waals surface area contributed by atoms with Gasteiger partial charge in [0.1, 0.15) is 0 Å². The zero-order chi connectivity index (χ0) is 21.7. The van der Waals surface area contributed by atoms with E-state index in [0.29, 0.717) is 47.8 Å². The lowest BCUT2D eigenvalue weighted by atomic mass is 10.0. The number of anilines is 1. The van der Waals surface area contributed by atoms with Gasteiger partial charge in [0, 0.05) is 60.9 Å². The Balaban J connectivity index is 1.53. The van der Waals surface area contributed by atoms with E-state index in [1.165, 1.54) is 22.7 Å². The van der Waals surface area contributed by atoms with Crippen LogP contribution in [-0.2, 0) is 13.0 Å². The highest BCUT2D eigenvalue weighted by Gasteiger charge is 2.22. The topological polar surface area (TPSA) is 76.3 Å². The number of fused-ring (bicyclic) bond motifs is 2. The molecule has 1 aliphatic rings. The molecule has 0 spiro atoms. The van der Waals surface area contributed by atoms with Gasteiger partial charge in [-0.15, -0.1) is 5.10 Å². The summed E-state index contributed by atoms with van der Waals surface area (Å²) in [5.41, 5.74) is 4.70. The van der Waals surface area contributed by atoms with Crippen molar-refractivity contribution in [2.24, 2.45) is 0 Å². The summed E-state index contributed by atoms with van der Waals surface area (Å²) in [6, 6.07) is 7.56. The summed E-state index contributed by atoms with van der Waals surface area (Å²) in [6.07, 6.45) is 2.31. The lowest BCUT2D eigenvalue weighted by Crippen LogP contribution is -2.33. The monoisotopic (exact) mass is 420 g/mol. The maximum absolute atomic E-state index is 13.5. The quantitative estimate of drug-likeness (QED) is 0.464. The first-order valence-corrected chi connectivity index (χ1v) is 9.82. The van der Waals surface area contributed by atoms with Crippen LogP contribution in [0.2, 0.25) is 0 Å². The van der Waals surface area contributed by atoms with Gasteiger partial charge in [0.2, 0.25) is 11.9 Å². The fourth-order valence-electron chi connectivity index (χ4n) is 3.95. The van der Waals surface area contributed by atoms with E-state index in [1.54, 1.807) is 13.1 Å². The summed E-state index contributed by atoms with van der Waals surface area (Å²) in [7, 11) is 0. The second-order valence-electron chi connectivity index (χ2n) is 7.66. The summed E-state index contributed by atoms with van der Waals surface area (Å²) in [6.45, 7) is 4.91. The molecule has 4 aromatic rings. The van der Waals surface area contributed by atoms with Crippen LogP contribution in [0.4, 0.5) is 14.6 Å². The summed E-state index contributed by atoms with van der Waals surface area (Å²) < 4.78 is 28.4. The van der Waals surface area contributed by atoms with Crippen LogP contribution in [-0.4, -0.2) is 31.1 Å². The van der Waals surface area contributed by atoms with Crippen molar-refractivity contribution < 1.29 is 8.78 Å². The normalized spacial score (nSPS) is 13.5. The predicted molar refractivity (Wildman–Crippen MR) is 111 cm³/mol. The molecular weight excluding hydrogens is 402 g/mol. The molecule has 0 aliphatic carbocycles. The largest absolute Gasteiger partial charge is 0.350 e. The zero-order valence-electron chi connectivity index (χ0n) is 16.9. The van der Waals surface area contributed by atoms with E-state index in [2.05, 4.69) is 25.0 Å². The van der Waals surface area contributed by atoms with Crippen LogP contribution in [0.3, 0.4) is 0 Å². The maximum atomic E-state index is 13.5. The van der Waals surface area contributed by atoms with E-state index < -0.39 is 11.9 Å². The van der Waals surface area contributed by atoms with Crippen molar-refractivity contribution >= 4 is 11.5 Å². The minimum atomic E-state index is -0.875. The SMILES string of the molecule is Cc1cc(=O)n2nc(N3CCc4ncc(-c5cc(F)nc(F)c5)cc4C3)c(C)cc2n1. The predicted octanol–water partition coefficient (Wildman–Crippen LogP) is 3.00. The van der Waals surface area contributed by atoms with Gasteiger partial charge in [-0.3, -0.25) is 9.78 Å². The first-order valence-electron chi connectivity index (χ1n) is 9.82. The second kappa shape index (κ2) is 7.19. The number of rotatable bonds is 2. The molecule has 0 unspecified atom stereocenters. The van der Waals surface area contributed by atoms with E-state index in [0.717, 1.165) is 16.8 Å². The van der Waals surface area contributed by atoms with Gasteiger partial charge in [-0.1, -0.05) is 0 Å². The van der Waals surface area contributed by atoms with Crippen LogP contribution in [0.15, 0.2) is 41.3 Å². The molecule has 0 N–H and O–H groups in total. The van der Waals surface area contributed by atoms with Crippen LogP contribution in [0.25, 0.3) is 16.8 Å². The van der Waals surface area contributed by atoms with Crippen LogP contribution in [0, 0.1) is 25.7 Å². The van der Waals surface area contributed by atoms with E-state index >= 15 is 0 Å². The maximum Gasteiger partial charge on any atom is 0.274 e. The highest BCUT2D eigenvalue weighted by molar-refractivity contribution is 5.64. The van der Waals surface area contributed by atoms with Crippen molar-refractivity contribution in [3.05, 3.63) is 81.3 Å². The minimum Gasteiger partial charge on any atom is -0.350 e. The average molecular weight is 420 g/mol. The van der Waals surface area contributed by atoms with Gasteiger partial charge in [-0.2, -0.15) is 18.3 Å². The highest BCUT2D eigenvalue weighted by Crippen LogP contribution is 2.28. The van der Waals surface area contributed by atoms with Gasteiger partial charge in [0.05, 0.1) is 0 Å². The summed E-state index contributed by atoms with van der Waals surface area (Å²) in [5.74, 6) is -1.06. The van der Waals surface area contributed by atoms with Crippen LogP contribution >= 0.6 is 0 Å². The first kappa shape index (κ1) is 19.2. The van der Waals surface area contributed by atoms with E-state index in [1.807, 2.05) is 19.1 Å². The molecule has 0 amide bonds. The fourth-order valence-corrected chi connectivity index (χ4v) is 3.95. The number of hydrogen-bond acceptors (Lipinski definition) is 6. The Kier molecular flexibility index (Phi) is 4.46. The Morgan fingerprint density at radius 2 is 1.74 bits per heavy atom. The molecule has 0 fully saturated rings. The second-order valence-corrected chi connectivity index (χ2v) is 7.66. The molecule has 7 nitrogen and oxygen atoms in total. The molecule has 0 saturated carbocycles. The molecule has 0 bridgehead atoms. The summed E-state index contributed by atoms with van der Waals surface area (Å²) in [5, 5.41) is 4.56. The number of hydrogen-bond donors (Lipinski definition) is 0. The number of halogens is 2. The van der Waals surface area contributed by atoms with Gasteiger partial charge in [-0.25, -0.2) is 4.98 Å². The molecule has 0 aromatic carbocycles. The third-order valence-corrected chi connectivity index (χ3v) is 5.38. The molecule has 0 radical (unpaired) electrons. The lowest BCUT2D eigenvalue weighted by molar-refractivity contribution is 0.513. The molecule has 0 saturated heterocycles. The molecule has 5 rings (SSSR count). The van der Waals surface area contributed by atoms with Gasteiger partial charge >= 0.3 is 0 Å². The van der Waals surface area contributed by atoms with Crippen molar-refractivity contribution in [3.8, 4) is 11.1 Å². The fraction of sp³-hybridized carbons (Fsp3) is 0.227. The highest BCUT2D eigenvalue weighted by atomic mass is 19.1. The minimum absolute atomic E-state index is 0.230. The van der Waals surface area contributed by atoms with Crippen LogP contribution in [0.5, 0.6) is 0 Å². The molecular formula is C22H18F2N6O. The smallest absolute Gasteiger partial charge is 0.274 e. The van der Waals surface area contributed by atoms with Crippen LogP contribution < -0.4 is 10.5 Å². The third kappa shape index (κ3) is 3.52. The van der Waals surface area contributed by atoms with Crippen molar-refractivity contribution in [1.29, 1.82) is 0 Å². The van der Waals surface area contributed by atoms with E-state index in [9.17, 15) is 13.6 Å². The van der Waals surface area contributed by atoms with Gasteiger partial charge in [0.15, 0.2) is 11.5 Å². The van der Waals surface area contributed by atoms with Crippen molar-refractivity contribution in [1.82, 2.24) is 24.6 Å². The number of aryl methyl sites for hydroxylation is 2. The van der Waals surface area contributed by atoms with Gasteiger partial charge in [-0.05, 0) is 42.7 Å². The lowest BCUT2D eigenvalue weighted by Gasteiger charge is -2.30. The summed E-state index contributed by atoms with van der Waals surface area (Å²) in [4.78, 5) is 26.5. The molecule has 9 heteroatoms. The Bertz CT molecular complexity index is 1380. The first-order chi connectivity index (χ1) is 14.9. The van der Waals surface area contributed by atoms with Crippen molar-refractivity contribution in [2.45, 2.75) is 26.8 Å². The number of nitrogens with zero attached hydrogens (tertiary/aromatic N) is 6. The number of aromatic nitrogens is 5. The van der Waals surface area contributed by atoms with Gasteiger partial charge in [0.25, 0.3) is 5.56 Å². The Morgan fingerprint density at radius 1 is 0.968 bits per heavy atom. The van der Waals surface area contributed by atoms with Gasteiger partial charge < -0.3 is 4.90 Å². The molecule has 4 aromatic heterocycles. The zero-order valence-corrected chi connectivity index (χ0v) is 16.9. The van der Waals surface area contributed by atoms with Crippen molar-refractivity contribution in [2.75, 3.05) is 11.4 Å². The van der Waals surface area contributed by atoms with Crippen molar-refractivity contribution in [3.63, 3.8) is 0 Å². The Morgan fingerprint density at radius 3 is 2.52 bits per heavy atom. The average Bonchev–Trinajstić information content (AvgIpc) is 2.71. The molecule has 156 valence electrons. The van der Waals surface area contributed by atoms with Crippen LogP contribution in [0.1, 0.15) is 22.5 Å². The Hall–Kier alpha value is -3.75. The number of pyridine rings is 2. The van der Waals surface area contributed by atoms with E-state index in [-0.39, 0.29) is 5.56 Å². The Labute approximate surface area is 176 Å². The molecule has 1 aliphatic heterocycles.